The zero-order valence-electron chi connectivity index (χ0n) is 16.2. The Kier molecular flexibility index (Phi) is 7.86. The number of nitrogens with zero attached hydrogens (tertiary/aromatic N) is 1. The molecule has 0 atom stereocenters. The maximum Gasteiger partial charge on any atom is 0.310 e. The van der Waals surface area contributed by atoms with Crippen molar-refractivity contribution < 1.29 is 27.1 Å². The number of ether oxygens (including phenoxy) is 1. The summed E-state index contributed by atoms with van der Waals surface area (Å²) in [6.45, 7) is 3.68. The molecule has 2 rings (SSSR count). The van der Waals surface area contributed by atoms with Crippen LogP contribution in [-0.4, -0.2) is 44.3 Å². The van der Waals surface area contributed by atoms with Crippen LogP contribution in [0.2, 0.25) is 0 Å². The van der Waals surface area contributed by atoms with Crippen LogP contribution in [0.3, 0.4) is 0 Å². The number of esters is 1. The third kappa shape index (κ3) is 6.10. The Morgan fingerprint density at radius 2 is 1.66 bits per heavy atom. The molecule has 9 heteroatoms. The van der Waals surface area contributed by atoms with Gasteiger partial charge in [-0.2, -0.15) is 4.31 Å². The summed E-state index contributed by atoms with van der Waals surface area (Å²) in [4.78, 5) is 23.8. The van der Waals surface area contributed by atoms with Crippen molar-refractivity contribution in [2.75, 3.05) is 25.0 Å². The van der Waals surface area contributed by atoms with E-state index in [-0.39, 0.29) is 16.9 Å². The fourth-order valence-corrected chi connectivity index (χ4v) is 4.07. The number of nitrogens with one attached hydrogen (secondary N) is 1. The van der Waals surface area contributed by atoms with Gasteiger partial charge in [-0.25, -0.2) is 12.8 Å². The molecule has 2 aromatic rings. The molecule has 0 fully saturated rings. The van der Waals surface area contributed by atoms with E-state index < -0.39 is 34.3 Å². The number of amides is 1. The van der Waals surface area contributed by atoms with Gasteiger partial charge in [-0.1, -0.05) is 32.0 Å². The molecule has 0 unspecified atom stereocenters. The summed E-state index contributed by atoms with van der Waals surface area (Å²) in [6.07, 6.45) is -0.280. The number of benzene rings is 2. The molecule has 0 spiro atoms. The quantitative estimate of drug-likeness (QED) is 0.627. The lowest BCUT2D eigenvalue weighted by molar-refractivity contribution is -0.146. The smallest absolute Gasteiger partial charge is 0.310 e. The average molecular weight is 422 g/mol. The molecule has 0 aliphatic carbocycles. The Morgan fingerprint density at radius 1 is 1.03 bits per heavy atom. The second-order valence-electron chi connectivity index (χ2n) is 6.09. The number of anilines is 1. The molecule has 0 saturated carbocycles. The van der Waals surface area contributed by atoms with Gasteiger partial charge in [-0.15, -0.1) is 0 Å². The van der Waals surface area contributed by atoms with Gasteiger partial charge in [0.15, 0.2) is 6.61 Å². The van der Waals surface area contributed by atoms with Gasteiger partial charge in [0.1, 0.15) is 5.82 Å². The molecule has 156 valence electrons. The van der Waals surface area contributed by atoms with Gasteiger partial charge in [0.25, 0.3) is 5.91 Å². The maximum absolute atomic E-state index is 13.5. The van der Waals surface area contributed by atoms with E-state index in [0.29, 0.717) is 18.8 Å². The standard InChI is InChI=1S/C20H23FN2O5S/c1-3-23(4-2)29(26,27)17-11-9-16(10-12-17)22-19(24)14-28-20(25)13-15-7-5-6-8-18(15)21/h5-12H,3-4,13-14H2,1-2H3,(H,22,24). The monoisotopic (exact) mass is 422 g/mol. The summed E-state index contributed by atoms with van der Waals surface area (Å²) < 4.78 is 44.6. The Morgan fingerprint density at radius 3 is 2.24 bits per heavy atom. The van der Waals surface area contributed by atoms with Gasteiger partial charge in [-0.3, -0.25) is 9.59 Å². The minimum atomic E-state index is -3.58. The average Bonchev–Trinajstić information content (AvgIpc) is 2.69. The molecule has 1 N–H and O–H groups in total. The molecule has 0 aromatic heterocycles. The van der Waals surface area contributed by atoms with E-state index in [1.54, 1.807) is 19.9 Å². The van der Waals surface area contributed by atoms with Crippen LogP contribution in [0.1, 0.15) is 19.4 Å². The van der Waals surface area contributed by atoms with Crippen LogP contribution in [0.4, 0.5) is 10.1 Å². The molecule has 1 amide bonds. The number of rotatable bonds is 9. The van der Waals surface area contributed by atoms with Gasteiger partial charge in [0.05, 0.1) is 11.3 Å². The van der Waals surface area contributed by atoms with Gasteiger partial charge < -0.3 is 10.1 Å². The second kappa shape index (κ2) is 10.1. The Balaban J connectivity index is 1.89. The van der Waals surface area contributed by atoms with Gasteiger partial charge >= 0.3 is 5.97 Å². The largest absolute Gasteiger partial charge is 0.455 e. The van der Waals surface area contributed by atoms with Crippen molar-refractivity contribution >= 4 is 27.6 Å². The van der Waals surface area contributed by atoms with Crippen LogP contribution in [-0.2, 0) is 30.8 Å². The highest BCUT2D eigenvalue weighted by atomic mass is 32.2. The molecule has 29 heavy (non-hydrogen) atoms. The normalized spacial score (nSPS) is 11.3. The third-order valence-electron chi connectivity index (χ3n) is 4.14. The molecular formula is C20H23FN2O5S. The first kappa shape index (κ1) is 22.5. The predicted octanol–water partition coefficient (Wildman–Crippen LogP) is 2.58. The lowest BCUT2D eigenvalue weighted by atomic mass is 10.1. The Labute approximate surface area is 169 Å². The number of halogens is 1. The van der Waals surface area contributed by atoms with E-state index in [2.05, 4.69) is 5.32 Å². The van der Waals surface area contributed by atoms with Crippen molar-refractivity contribution in [1.82, 2.24) is 4.31 Å². The number of hydrogen-bond acceptors (Lipinski definition) is 5. The van der Waals surface area contributed by atoms with E-state index in [0.717, 1.165) is 0 Å². The summed E-state index contributed by atoms with van der Waals surface area (Å²) in [6, 6.07) is 11.5. The third-order valence-corrected chi connectivity index (χ3v) is 6.20. The summed E-state index contributed by atoms with van der Waals surface area (Å²) in [5.74, 6) is -1.84. The minimum absolute atomic E-state index is 0.121. The predicted molar refractivity (Wildman–Crippen MR) is 106 cm³/mol. The van der Waals surface area contributed by atoms with Crippen LogP contribution < -0.4 is 5.32 Å². The number of hydrogen-bond donors (Lipinski definition) is 1. The van der Waals surface area contributed by atoms with Crippen molar-refractivity contribution in [1.29, 1.82) is 0 Å². The van der Waals surface area contributed by atoms with Crippen molar-refractivity contribution in [3.8, 4) is 0 Å². The zero-order valence-corrected chi connectivity index (χ0v) is 17.0. The van der Waals surface area contributed by atoms with E-state index >= 15 is 0 Å². The minimum Gasteiger partial charge on any atom is -0.455 e. The second-order valence-corrected chi connectivity index (χ2v) is 8.03. The van der Waals surface area contributed by atoms with Gasteiger partial charge in [0, 0.05) is 18.8 Å². The van der Waals surface area contributed by atoms with Crippen molar-refractivity contribution in [3.05, 3.63) is 59.9 Å². The van der Waals surface area contributed by atoms with E-state index in [9.17, 15) is 22.4 Å². The van der Waals surface area contributed by atoms with Crippen LogP contribution in [0.25, 0.3) is 0 Å². The lowest BCUT2D eigenvalue weighted by Crippen LogP contribution is -2.30. The first-order chi connectivity index (χ1) is 13.8. The molecule has 0 bridgehead atoms. The topological polar surface area (TPSA) is 92.8 Å². The van der Waals surface area contributed by atoms with E-state index in [4.69, 9.17) is 4.74 Å². The van der Waals surface area contributed by atoms with Gasteiger partial charge in [-0.05, 0) is 35.9 Å². The van der Waals surface area contributed by atoms with Crippen LogP contribution in [0, 0.1) is 5.82 Å². The van der Waals surface area contributed by atoms with Crippen LogP contribution >= 0.6 is 0 Å². The van der Waals surface area contributed by atoms with Crippen molar-refractivity contribution in [2.45, 2.75) is 25.2 Å². The SMILES string of the molecule is CCN(CC)S(=O)(=O)c1ccc(NC(=O)COC(=O)Cc2ccccc2F)cc1. The Hall–Kier alpha value is -2.78. The summed E-state index contributed by atoms with van der Waals surface area (Å²) >= 11 is 0. The van der Waals surface area contributed by atoms with Gasteiger partial charge in [0.2, 0.25) is 10.0 Å². The molecule has 0 aliphatic heterocycles. The highest BCUT2D eigenvalue weighted by Gasteiger charge is 2.21. The zero-order chi connectivity index (χ0) is 21.4. The van der Waals surface area contributed by atoms with Crippen LogP contribution in [0.5, 0.6) is 0 Å². The maximum atomic E-state index is 13.5. The first-order valence-corrected chi connectivity index (χ1v) is 10.5. The molecule has 2 aromatic carbocycles. The molecule has 0 radical (unpaired) electrons. The number of carbonyl (C=O) groups is 2. The molecule has 0 heterocycles. The summed E-state index contributed by atoms with van der Waals surface area (Å²) in [5.41, 5.74) is 0.543. The highest BCUT2D eigenvalue weighted by Crippen LogP contribution is 2.18. The summed E-state index contributed by atoms with van der Waals surface area (Å²) in [5, 5.41) is 2.51. The Bertz CT molecular complexity index is 957. The molecule has 0 saturated heterocycles. The number of sulfonamides is 1. The first-order valence-electron chi connectivity index (χ1n) is 9.07. The van der Waals surface area contributed by atoms with E-state index in [1.807, 2.05) is 0 Å². The van der Waals surface area contributed by atoms with Crippen molar-refractivity contribution in [3.63, 3.8) is 0 Å². The summed E-state index contributed by atoms with van der Waals surface area (Å²) in [7, 11) is -3.58. The highest BCUT2D eigenvalue weighted by molar-refractivity contribution is 7.89. The van der Waals surface area contributed by atoms with Crippen LogP contribution in [0.15, 0.2) is 53.4 Å². The van der Waals surface area contributed by atoms with E-state index in [1.165, 1.54) is 46.8 Å². The van der Waals surface area contributed by atoms with Crippen molar-refractivity contribution in [2.24, 2.45) is 0 Å². The fraction of sp³-hybridized carbons (Fsp3) is 0.300. The number of carbonyl (C=O) groups excluding carboxylic acids is 2. The molecular weight excluding hydrogens is 399 g/mol. The lowest BCUT2D eigenvalue weighted by Gasteiger charge is -2.18. The molecule has 7 nitrogen and oxygen atoms in total. The molecule has 0 aliphatic rings. The fourth-order valence-electron chi connectivity index (χ4n) is 2.61.